The van der Waals surface area contributed by atoms with Gasteiger partial charge < -0.3 is 34.0 Å². The number of epoxide rings is 1. The lowest BCUT2D eigenvalue weighted by atomic mass is 10.1. The summed E-state index contributed by atoms with van der Waals surface area (Å²) in [6, 6.07) is 0. The van der Waals surface area contributed by atoms with Gasteiger partial charge in [-0.25, -0.2) is 9.13 Å². The summed E-state index contributed by atoms with van der Waals surface area (Å²) in [5, 5.41) is 9.76. The van der Waals surface area contributed by atoms with Crippen molar-refractivity contribution in [2.24, 2.45) is 0 Å². The molecule has 0 spiro atoms. The van der Waals surface area contributed by atoms with Gasteiger partial charge >= 0.3 is 27.6 Å². The second kappa shape index (κ2) is 39.0. The van der Waals surface area contributed by atoms with E-state index in [4.69, 9.17) is 28.5 Å². The number of carbonyl (C=O) groups excluding carboxylic acids is 2. The highest BCUT2D eigenvalue weighted by Gasteiger charge is 2.36. The van der Waals surface area contributed by atoms with E-state index in [0.717, 1.165) is 57.8 Å². The molecule has 0 radical (unpaired) electrons. The first-order valence-corrected chi connectivity index (χ1v) is 25.7. The van der Waals surface area contributed by atoms with E-state index in [1.807, 2.05) is 30.4 Å². The van der Waals surface area contributed by atoms with Crippen LogP contribution in [-0.2, 0) is 46.5 Å². The Morgan fingerprint density at radius 1 is 0.547 bits per heavy atom. The highest BCUT2D eigenvalue weighted by molar-refractivity contribution is 7.47. The smallest absolute Gasteiger partial charge is 0.462 e. The van der Waals surface area contributed by atoms with Crippen LogP contribution in [0.1, 0.15) is 129 Å². The zero-order valence-corrected chi connectivity index (χ0v) is 39.8. The molecule has 0 amide bonds. The molecule has 16 heteroatoms. The number of aliphatic hydroxyl groups excluding tert-OH is 1. The average molecular weight is 939 g/mol. The zero-order valence-electron chi connectivity index (χ0n) is 38.0. The molecule has 3 unspecified atom stereocenters. The Morgan fingerprint density at radius 2 is 1.02 bits per heavy atom. The van der Waals surface area contributed by atoms with Crippen molar-refractivity contribution in [3.63, 3.8) is 0 Å². The third-order valence-electron chi connectivity index (χ3n) is 9.05. The first-order valence-electron chi connectivity index (χ1n) is 22.7. The normalized spacial score (nSPS) is 18.1. The summed E-state index contributed by atoms with van der Waals surface area (Å²) < 4.78 is 53.5. The maximum absolute atomic E-state index is 12.7. The van der Waals surface area contributed by atoms with Crippen molar-refractivity contribution in [3.05, 3.63) is 109 Å². The molecular weight excluding hydrogens is 862 g/mol. The van der Waals surface area contributed by atoms with Crippen LogP contribution in [0.3, 0.4) is 0 Å². The van der Waals surface area contributed by atoms with Crippen LogP contribution in [0.2, 0.25) is 0 Å². The number of phosphoric ester groups is 2. The van der Waals surface area contributed by atoms with E-state index in [0.29, 0.717) is 25.7 Å². The number of ether oxygens (including phenoxy) is 3. The van der Waals surface area contributed by atoms with Crippen LogP contribution in [0, 0.1) is 0 Å². The number of unbranched alkanes of at least 4 members (excludes halogenated alkanes) is 4. The number of hydrogen-bond acceptors (Lipinski definition) is 11. The summed E-state index contributed by atoms with van der Waals surface area (Å²) in [6.45, 7) is 1.44. The quantitative estimate of drug-likeness (QED) is 0.0148. The van der Waals surface area contributed by atoms with Crippen LogP contribution in [0.25, 0.3) is 0 Å². The molecule has 0 aromatic rings. The Hall–Kier alpha value is -3.26. The van der Waals surface area contributed by atoms with E-state index in [2.05, 4.69) is 102 Å². The SMILES string of the molecule is CC/C=C\C/C=C\C/C=C\C/C=C\C/C=C\C/C=C\CCC(=O)OC[C@H](COP(=O)(O)OC[C@@H](O)COP(=O)(O)O)OC(=O)CCC/C=C\CC1OC1C/C=C\C/C=C\CCCCC. The monoisotopic (exact) mass is 938 g/mol. The molecule has 1 rings (SSSR count). The molecule has 1 aliphatic heterocycles. The molecule has 0 bridgehead atoms. The Kier molecular flexibility index (Phi) is 35.8. The Bertz CT molecular complexity index is 1610. The number of allylic oxidation sites excluding steroid dienone is 16. The number of aliphatic hydroxyl groups is 1. The second-order valence-electron chi connectivity index (χ2n) is 15.0. The van der Waals surface area contributed by atoms with Gasteiger partial charge in [0.05, 0.1) is 32.0 Å². The lowest BCUT2D eigenvalue weighted by molar-refractivity contribution is -0.161. The third-order valence-corrected chi connectivity index (χ3v) is 10.5. The number of hydrogen-bond donors (Lipinski definition) is 4. The summed E-state index contributed by atoms with van der Waals surface area (Å²) in [5.74, 6) is -1.21. The van der Waals surface area contributed by atoms with Crippen LogP contribution in [0.15, 0.2) is 109 Å². The average Bonchev–Trinajstić information content (AvgIpc) is 4.02. The van der Waals surface area contributed by atoms with Gasteiger partial charge in [0.1, 0.15) is 12.7 Å². The number of phosphoric acid groups is 2. The van der Waals surface area contributed by atoms with E-state index in [9.17, 15) is 28.7 Å². The summed E-state index contributed by atoms with van der Waals surface area (Å²) in [6.07, 6.45) is 49.8. The molecule has 14 nitrogen and oxygen atoms in total. The topological polar surface area (TPSA) is 208 Å². The molecular formula is C48H76O14P2. The fourth-order valence-electron chi connectivity index (χ4n) is 5.52. The zero-order chi connectivity index (χ0) is 47.0. The van der Waals surface area contributed by atoms with Gasteiger partial charge in [0.25, 0.3) is 0 Å². The van der Waals surface area contributed by atoms with E-state index >= 15 is 0 Å². The van der Waals surface area contributed by atoms with Gasteiger partial charge in [-0.15, -0.1) is 0 Å². The van der Waals surface area contributed by atoms with Gasteiger partial charge in [0, 0.05) is 12.8 Å². The van der Waals surface area contributed by atoms with Crippen LogP contribution in [0.4, 0.5) is 0 Å². The third kappa shape index (κ3) is 39.1. The predicted octanol–water partition coefficient (Wildman–Crippen LogP) is 10.9. The first kappa shape index (κ1) is 58.8. The van der Waals surface area contributed by atoms with Crippen LogP contribution in [0.5, 0.6) is 0 Å². The lowest BCUT2D eigenvalue weighted by Gasteiger charge is -2.20. The van der Waals surface area contributed by atoms with E-state index in [1.54, 1.807) is 0 Å². The minimum absolute atomic E-state index is 0.0247. The summed E-state index contributed by atoms with van der Waals surface area (Å²) >= 11 is 0. The minimum atomic E-state index is -4.89. The van der Waals surface area contributed by atoms with Crippen molar-refractivity contribution in [1.29, 1.82) is 0 Å². The van der Waals surface area contributed by atoms with Gasteiger partial charge in [0.2, 0.25) is 0 Å². The summed E-state index contributed by atoms with van der Waals surface area (Å²) in [4.78, 5) is 52.8. The van der Waals surface area contributed by atoms with Crippen molar-refractivity contribution >= 4 is 27.6 Å². The highest BCUT2D eigenvalue weighted by Crippen LogP contribution is 2.44. The van der Waals surface area contributed by atoms with Gasteiger partial charge in [-0.1, -0.05) is 136 Å². The van der Waals surface area contributed by atoms with Crippen molar-refractivity contribution in [1.82, 2.24) is 0 Å². The van der Waals surface area contributed by atoms with Gasteiger partial charge in [-0.05, 0) is 89.9 Å². The van der Waals surface area contributed by atoms with Gasteiger partial charge in [-0.3, -0.25) is 23.2 Å². The molecule has 1 saturated heterocycles. The molecule has 1 aliphatic rings. The Balaban J connectivity index is 2.46. The molecule has 362 valence electrons. The fraction of sp³-hybridized carbons (Fsp3) is 0.583. The number of esters is 2. The van der Waals surface area contributed by atoms with Crippen LogP contribution in [-0.4, -0.2) is 82.6 Å². The number of carbonyl (C=O) groups is 2. The molecule has 1 heterocycles. The number of rotatable bonds is 40. The van der Waals surface area contributed by atoms with Crippen LogP contribution < -0.4 is 0 Å². The highest BCUT2D eigenvalue weighted by atomic mass is 31.2. The van der Waals surface area contributed by atoms with E-state index < -0.39 is 66.2 Å². The van der Waals surface area contributed by atoms with E-state index in [1.165, 1.54) is 19.3 Å². The molecule has 0 aromatic carbocycles. The van der Waals surface area contributed by atoms with Crippen molar-refractivity contribution < 1.29 is 66.3 Å². The molecule has 0 aromatic heterocycles. The second-order valence-corrected chi connectivity index (χ2v) is 17.7. The summed E-state index contributed by atoms with van der Waals surface area (Å²) in [7, 11) is -9.74. The van der Waals surface area contributed by atoms with Crippen molar-refractivity contribution in [2.45, 2.75) is 154 Å². The lowest BCUT2D eigenvalue weighted by Crippen LogP contribution is -2.29. The molecule has 64 heavy (non-hydrogen) atoms. The Labute approximate surface area is 382 Å². The standard InChI is InChI=1S/C48H76O14P2/c1-3-5-7-9-11-13-14-15-16-17-18-19-20-21-22-24-26-28-33-37-47(50)57-41-44(42-60-64(55,56)59-40-43(49)39-58-63(52,53)54)61-48(51)38-34-30-29-32-36-46-45(62-46)35-31-27-25-23-12-10-8-6-4-2/h5,7,11-13,15-16,18-19,21-23,26-29,31-32,43-46,49H,3-4,6,8-10,14,17,20,24-25,30,33-42H2,1-2H3,(H,55,56)(H2,52,53,54)/b7-5-,13-11-,16-15-,19-18-,22-21-,23-12-,28-26-,31-27-,32-29-/t43-,44+,45?,46?/m0/s1. The molecule has 0 saturated carbocycles. The maximum atomic E-state index is 12.7. The predicted molar refractivity (Wildman–Crippen MR) is 252 cm³/mol. The van der Waals surface area contributed by atoms with E-state index in [-0.39, 0.29) is 25.0 Å². The van der Waals surface area contributed by atoms with Crippen molar-refractivity contribution in [2.75, 3.05) is 26.4 Å². The van der Waals surface area contributed by atoms with Gasteiger partial charge in [-0.2, -0.15) is 0 Å². The van der Waals surface area contributed by atoms with Crippen molar-refractivity contribution in [3.8, 4) is 0 Å². The minimum Gasteiger partial charge on any atom is -0.462 e. The first-order chi connectivity index (χ1) is 30.8. The fourth-order valence-corrected chi connectivity index (χ4v) is 6.68. The largest absolute Gasteiger partial charge is 0.472 e. The maximum Gasteiger partial charge on any atom is 0.472 e. The van der Waals surface area contributed by atoms with Gasteiger partial charge in [0.15, 0.2) is 6.10 Å². The molecule has 1 fully saturated rings. The summed E-state index contributed by atoms with van der Waals surface area (Å²) in [5.41, 5.74) is 0. The molecule has 0 aliphatic carbocycles. The molecule has 5 atom stereocenters. The van der Waals surface area contributed by atoms with Crippen LogP contribution >= 0.6 is 15.6 Å². The molecule has 4 N–H and O–H groups in total. The Morgan fingerprint density at radius 3 is 1.58 bits per heavy atom.